The van der Waals surface area contributed by atoms with Gasteiger partial charge in [0.05, 0.1) is 11.9 Å². The van der Waals surface area contributed by atoms with Gasteiger partial charge in [0.15, 0.2) is 0 Å². The van der Waals surface area contributed by atoms with Gasteiger partial charge < -0.3 is 10.8 Å². The van der Waals surface area contributed by atoms with Crippen LogP contribution in [0.3, 0.4) is 0 Å². The number of nitrogens with zero attached hydrogens (tertiary/aromatic N) is 1. The third-order valence-electron chi connectivity index (χ3n) is 2.82. The van der Waals surface area contributed by atoms with Crippen LogP contribution in [0.2, 0.25) is 0 Å². The monoisotopic (exact) mass is 212 g/mol. The van der Waals surface area contributed by atoms with Crippen molar-refractivity contribution in [1.29, 1.82) is 0 Å². The first kappa shape index (κ1) is 12.1. The van der Waals surface area contributed by atoms with Crippen LogP contribution in [-0.4, -0.2) is 16.6 Å². The number of pyridine rings is 1. The summed E-state index contributed by atoms with van der Waals surface area (Å²) in [6.45, 7) is 3.99. The summed E-state index contributed by atoms with van der Waals surface area (Å²) in [6, 6.07) is 2.79. The molecule has 2 atom stereocenters. The predicted octanol–water partition coefficient (Wildman–Crippen LogP) is 1.41. The third kappa shape index (κ3) is 2.52. The van der Waals surface area contributed by atoms with Gasteiger partial charge in [-0.05, 0) is 32.0 Å². The van der Waals surface area contributed by atoms with Gasteiger partial charge in [0.25, 0.3) is 0 Å². The molecule has 0 saturated heterocycles. The van der Waals surface area contributed by atoms with E-state index in [0.29, 0.717) is 12.2 Å². The molecule has 1 rings (SSSR count). The fourth-order valence-corrected chi connectivity index (χ4v) is 1.68. The minimum absolute atomic E-state index is 0.0736. The van der Waals surface area contributed by atoms with Gasteiger partial charge in [0.1, 0.15) is 11.4 Å². The second-order valence-corrected chi connectivity index (χ2v) is 3.85. The van der Waals surface area contributed by atoms with Crippen LogP contribution in [0.4, 0.5) is 4.39 Å². The SMILES string of the molecule is CCC(CN)C(C)(O)c1ccc(F)cn1. The molecule has 0 aliphatic carbocycles. The molecule has 0 spiro atoms. The molecule has 0 fully saturated rings. The molecule has 1 aromatic rings. The second kappa shape index (κ2) is 4.68. The first-order valence-electron chi connectivity index (χ1n) is 5.06. The number of aromatic nitrogens is 1. The van der Waals surface area contributed by atoms with Crippen LogP contribution in [0.1, 0.15) is 26.0 Å². The lowest BCUT2D eigenvalue weighted by Crippen LogP contribution is -2.37. The molecule has 3 nitrogen and oxygen atoms in total. The van der Waals surface area contributed by atoms with Crippen LogP contribution in [0.5, 0.6) is 0 Å². The highest BCUT2D eigenvalue weighted by Crippen LogP contribution is 2.29. The van der Waals surface area contributed by atoms with E-state index in [1.807, 2.05) is 6.92 Å². The maximum Gasteiger partial charge on any atom is 0.141 e. The molecule has 15 heavy (non-hydrogen) atoms. The van der Waals surface area contributed by atoms with Crippen molar-refractivity contribution in [2.24, 2.45) is 11.7 Å². The largest absolute Gasteiger partial charge is 0.384 e. The minimum atomic E-state index is -1.10. The number of hydrogen-bond donors (Lipinski definition) is 2. The maximum atomic E-state index is 12.7. The van der Waals surface area contributed by atoms with Crippen LogP contribution in [0, 0.1) is 11.7 Å². The molecular formula is C11H17FN2O. The van der Waals surface area contributed by atoms with Gasteiger partial charge in [-0.15, -0.1) is 0 Å². The van der Waals surface area contributed by atoms with Crippen LogP contribution in [0.25, 0.3) is 0 Å². The van der Waals surface area contributed by atoms with Crippen LogP contribution in [0.15, 0.2) is 18.3 Å². The van der Waals surface area contributed by atoms with Crippen LogP contribution < -0.4 is 5.73 Å². The molecule has 0 aliphatic heterocycles. The first-order chi connectivity index (χ1) is 7.02. The van der Waals surface area contributed by atoms with Crippen molar-refractivity contribution in [3.05, 3.63) is 29.8 Å². The summed E-state index contributed by atoms with van der Waals surface area (Å²) in [4.78, 5) is 3.89. The number of nitrogens with two attached hydrogens (primary N) is 1. The fraction of sp³-hybridized carbons (Fsp3) is 0.545. The van der Waals surface area contributed by atoms with Crippen molar-refractivity contribution >= 4 is 0 Å². The Bertz CT molecular complexity index is 307. The van der Waals surface area contributed by atoms with Crippen molar-refractivity contribution in [1.82, 2.24) is 4.98 Å². The Kier molecular flexibility index (Phi) is 3.77. The Morgan fingerprint density at radius 1 is 1.60 bits per heavy atom. The Balaban J connectivity index is 2.98. The van der Waals surface area contributed by atoms with Crippen molar-refractivity contribution in [3.8, 4) is 0 Å². The molecule has 84 valence electrons. The van der Waals surface area contributed by atoms with E-state index in [9.17, 15) is 9.50 Å². The lowest BCUT2D eigenvalue weighted by atomic mass is 9.84. The predicted molar refractivity (Wildman–Crippen MR) is 56.6 cm³/mol. The molecular weight excluding hydrogens is 195 g/mol. The highest BCUT2D eigenvalue weighted by atomic mass is 19.1. The van der Waals surface area contributed by atoms with E-state index in [0.717, 1.165) is 12.6 Å². The summed E-state index contributed by atoms with van der Waals surface area (Å²) < 4.78 is 12.7. The molecule has 3 N–H and O–H groups in total. The van der Waals surface area contributed by atoms with Crippen molar-refractivity contribution in [2.45, 2.75) is 25.9 Å². The standard InChI is InChI=1S/C11H17FN2O/c1-3-8(6-13)11(2,15)10-5-4-9(12)7-14-10/h4-5,7-8,15H,3,6,13H2,1-2H3. The van der Waals surface area contributed by atoms with Gasteiger partial charge in [-0.1, -0.05) is 6.92 Å². The summed E-state index contributed by atoms with van der Waals surface area (Å²) in [5.41, 5.74) is 4.93. The normalized spacial score (nSPS) is 17.1. The zero-order chi connectivity index (χ0) is 11.5. The van der Waals surface area contributed by atoms with Gasteiger partial charge >= 0.3 is 0 Å². The summed E-state index contributed by atoms with van der Waals surface area (Å²) in [5, 5.41) is 10.3. The molecule has 0 aromatic carbocycles. The lowest BCUT2D eigenvalue weighted by molar-refractivity contribution is -0.00810. The highest BCUT2D eigenvalue weighted by Gasteiger charge is 2.32. The molecule has 1 aromatic heterocycles. The zero-order valence-corrected chi connectivity index (χ0v) is 9.07. The Morgan fingerprint density at radius 3 is 2.67 bits per heavy atom. The van der Waals surface area contributed by atoms with Gasteiger partial charge in [-0.3, -0.25) is 4.98 Å². The molecule has 0 saturated carbocycles. The van der Waals surface area contributed by atoms with Gasteiger partial charge in [-0.2, -0.15) is 0 Å². The Morgan fingerprint density at radius 2 is 2.27 bits per heavy atom. The van der Waals surface area contributed by atoms with E-state index in [2.05, 4.69) is 4.98 Å². The van der Waals surface area contributed by atoms with Crippen molar-refractivity contribution in [3.63, 3.8) is 0 Å². The Labute approximate surface area is 89.1 Å². The molecule has 0 aliphatic rings. The molecule has 0 bridgehead atoms. The third-order valence-corrected chi connectivity index (χ3v) is 2.82. The number of aliphatic hydroxyl groups is 1. The van der Waals surface area contributed by atoms with Crippen molar-refractivity contribution < 1.29 is 9.50 Å². The van der Waals surface area contributed by atoms with E-state index in [4.69, 9.17) is 5.73 Å². The van der Waals surface area contributed by atoms with Gasteiger partial charge in [0, 0.05) is 5.92 Å². The highest BCUT2D eigenvalue weighted by molar-refractivity contribution is 5.14. The smallest absolute Gasteiger partial charge is 0.141 e. The quantitative estimate of drug-likeness (QED) is 0.793. The summed E-state index contributed by atoms with van der Waals surface area (Å²) >= 11 is 0. The maximum absolute atomic E-state index is 12.7. The molecule has 0 radical (unpaired) electrons. The van der Waals surface area contributed by atoms with E-state index < -0.39 is 11.4 Å². The van der Waals surface area contributed by atoms with E-state index in [1.54, 1.807) is 6.92 Å². The molecule has 0 amide bonds. The summed E-state index contributed by atoms with van der Waals surface area (Å²) in [6.07, 6.45) is 1.86. The molecule has 1 heterocycles. The fourth-order valence-electron chi connectivity index (χ4n) is 1.68. The summed E-state index contributed by atoms with van der Waals surface area (Å²) in [7, 11) is 0. The van der Waals surface area contributed by atoms with Crippen molar-refractivity contribution in [2.75, 3.05) is 6.54 Å². The second-order valence-electron chi connectivity index (χ2n) is 3.85. The topological polar surface area (TPSA) is 59.1 Å². The molecule has 4 heteroatoms. The van der Waals surface area contributed by atoms with E-state index in [-0.39, 0.29) is 5.92 Å². The number of halogens is 1. The zero-order valence-electron chi connectivity index (χ0n) is 9.07. The molecule has 2 unspecified atom stereocenters. The first-order valence-corrected chi connectivity index (χ1v) is 5.06. The number of rotatable bonds is 4. The van der Waals surface area contributed by atoms with Crippen LogP contribution >= 0.6 is 0 Å². The number of hydrogen-bond acceptors (Lipinski definition) is 3. The van der Waals surface area contributed by atoms with Gasteiger partial charge in [0.2, 0.25) is 0 Å². The Hall–Kier alpha value is -1.00. The van der Waals surface area contributed by atoms with E-state index in [1.165, 1.54) is 12.1 Å². The van der Waals surface area contributed by atoms with Crippen LogP contribution in [-0.2, 0) is 5.60 Å². The summed E-state index contributed by atoms with van der Waals surface area (Å²) in [5.74, 6) is -0.481. The lowest BCUT2D eigenvalue weighted by Gasteiger charge is -2.30. The average molecular weight is 212 g/mol. The minimum Gasteiger partial charge on any atom is -0.384 e. The average Bonchev–Trinajstić information content (AvgIpc) is 2.19. The van der Waals surface area contributed by atoms with Gasteiger partial charge in [-0.25, -0.2) is 4.39 Å². The van der Waals surface area contributed by atoms with E-state index >= 15 is 0 Å².